The molecule has 0 bridgehead atoms. The first-order valence-electron chi connectivity index (χ1n) is 33.7. The van der Waals surface area contributed by atoms with Crippen LogP contribution in [0.3, 0.4) is 0 Å². The molecule has 12 rings (SSSR count). The molecule has 8 aliphatic rings. The minimum absolute atomic E-state index is 0. The van der Waals surface area contributed by atoms with Crippen molar-refractivity contribution in [3.05, 3.63) is 240 Å². The van der Waals surface area contributed by atoms with Crippen molar-refractivity contribution in [2.45, 2.75) is 183 Å². The van der Waals surface area contributed by atoms with E-state index in [-0.39, 0.29) is 110 Å². The molecule has 4 aromatic carbocycles. The molecule has 0 amide bonds. The van der Waals surface area contributed by atoms with E-state index in [1.807, 2.05) is 0 Å². The first-order chi connectivity index (χ1) is 41.2. The van der Waals surface area contributed by atoms with Crippen LogP contribution in [0, 0.1) is 67.0 Å². The molecule has 0 atom stereocenters. The quantitative estimate of drug-likeness (QED) is 0.100. The van der Waals surface area contributed by atoms with E-state index in [9.17, 15) is 0 Å². The number of benzene rings is 4. The summed E-state index contributed by atoms with van der Waals surface area (Å²) < 4.78 is 0. The molecule has 0 N–H and O–H groups in total. The molecule has 4 aromatic rings. The molecular weight excluding hydrogens is 1180 g/mol. The van der Waals surface area contributed by atoms with Crippen molar-refractivity contribution >= 4 is 58.8 Å². The summed E-state index contributed by atoms with van der Waals surface area (Å²) in [5.74, 6) is 2.76. The van der Waals surface area contributed by atoms with Gasteiger partial charge in [-0.1, -0.05) is 402 Å². The van der Waals surface area contributed by atoms with Crippen molar-refractivity contribution in [1.29, 1.82) is 0 Å². The maximum atomic E-state index is 5.45. The van der Waals surface area contributed by atoms with Gasteiger partial charge in [0, 0.05) is 38.1 Å². The van der Waals surface area contributed by atoms with E-state index in [0.717, 1.165) is 0 Å². The fraction of sp³-hybridized carbons (Fsp3) is 0.500. The van der Waals surface area contributed by atoms with E-state index < -0.39 is 38.1 Å². The second-order valence-electron chi connectivity index (χ2n) is 32.3. The molecule has 8 aliphatic carbocycles. The summed E-state index contributed by atoms with van der Waals surface area (Å²) in [4.78, 5) is 0. The normalized spacial score (nSPS) is 32.3. The van der Waals surface area contributed by atoms with Gasteiger partial charge in [0.1, 0.15) is 0 Å². The first kappa shape index (κ1) is 71.1. The Kier molecular flexibility index (Phi) is 21.2. The summed E-state index contributed by atoms with van der Waals surface area (Å²) in [5.41, 5.74) is 2.13. The summed E-state index contributed by atoms with van der Waals surface area (Å²) in [5, 5.41) is 28.4. The zero-order valence-electron chi connectivity index (χ0n) is 58.5. The Balaban J connectivity index is 0.000000153. The van der Waals surface area contributed by atoms with Gasteiger partial charge in [-0.05, 0) is 67.0 Å². The van der Waals surface area contributed by atoms with Crippen LogP contribution >= 0.6 is 0 Å². The predicted octanol–water partition coefficient (Wildman–Crippen LogP) is 15.0. The predicted molar refractivity (Wildman–Crippen MR) is 398 cm³/mol. The van der Waals surface area contributed by atoms with Crippen molar-refractivity contribution in [2.24, 2.45) is 67.0 Å². The smallest absolute Gasteiger partial charge is 0.649 e. The van der Waals surface area contributed by atoms with Crippen molar-refractivity contribution < 1.29 is 21.7 Å². The van der Waals surface area contributed by atoms with Crippen molar-refractivity contribution in [2.75, 3.05) is 0 Å². The Morgan fingerprint density at radius 2 is 0.371 bits per heavy atom. The molecule has 0 spiro atoms. The summed E-state index contributed by atoms with van der Waals surface area (Å²) in [7, 11) is -2.06. The van der Waals surface area contributed by atoms with E-state index in [0.29, 0.717) is 23.7 Å². The summed E-state index contributed by atoms with van der Waals surface area (Å²) >= 11 is 0. The molecule has 0 radical (unpaired) electrons. The third kappa shape index (κ3) is 12.2. The van der Waals surface area contributed by atoms with Gasteiger partial charge in [0.2, 0.25) is 0 Å². The van der Waals surface area contributed by atoms with Crippen molar-refractivity contribution in [3.8, 4) is 0 Å². The summed E-state index contributed by atoms with van der Waals surface area (Å²) in [6, 6.07) is 45.4. The second kappa shape index (κ2) is 26.6. The molecule has 89 heavy (non-hydrogen) atoms. The number of allylic oxidation sites excluding steroid dienone is 8. The van der Waals surface area contributed by atoms with E-state index in [1.165, 1.54) is 20.7 Å². The van der Waals surface area contributed by atoms with Gasteiger partial charge in [-0.3, -0.25) is 0 Å². The Bertz CT molecular complexity index is 2720. The summed E-state index contributed by atoms with van der Waals surface area (Å²) in [6.07, 6.45) is 34.9. The Morgan fingerprint density at radius 1 is 0.236 bits per heavy atom. The molecule has 0 heterocycles. The van der Waals surface area contributed by atoms with Gasteiger partial charge in [-0.25, -0.2) is 0 Å². The third-order valence-corrected chi connectivity index (χ3v) is 40.4. The van der Waals surface area contributed by atoms with Gasteiger partial charge in [-0.2, -0.15) is 0 Å². The SMILES string of the molecule is CC1C(C)(C)C([N-]C2C=CC=C2)([SiH2]c2ccccc2)C1(C)C.CC1C(C)(C)C([N-]C2C=CC=C2)([SiH2]c2ccccc2)C1(C)C.CC1C(C)(C)C([N-]C2C=CC=C2)([SiH2]c2ccccc2)C1(C)C.CC1C(C)(C)C([N-]C2C=CC=C2)([SiH2]c2ccccc2)C1(C)C.[Ti+4]. The fourth-order valence-electron chi connectivity index (χ4n) is 19.4. The maximum absolute atomic E-state index is 5.45. The van der Waals surface area contributed by atoms with E-state index in [4.69, 9.17) is 21.3 Å². The van der Waals surface area contributed by atoms with Crippen LogP contribution in [0.5, 0.6) is 0 Å². The molecule has 0 saturated heterocycles. The number of rotatable bonds is 16. The van der Waals surface area contributed by atoms with E-state index in [1.54, 1.807) is 0 Å². The first-order valence-corrected chi connectivity index (χ1v) is 39.3. The van der Waals surface area contributed by atoms with Gasteiger partial charge in [-0.15, -0.1) is 20.6 Å². The van der Waals surface area contributed by atoms with Crippen LogP contribution < -0.4 is 20.7 Å². The molecule has 472 valence electrons. The Hall–Kier alpha value is -3.78. The minimum Gasteiger partial charge on any atom is -0.649 e. The van der Waals surface area contributed by atoms with Gasteiger partial charge >= 0.3 is 21.7 Å². The van der Waals surface area contributed by atoms with E-state index in [2.05, 4.69) is 357 Å². The van der Waals surface area contributed by atoms with Crippen LogP contribution in [-0.4, -0.2) is 82.9 Å². The molecule has 4 nitrogen and oxygen atoms in total. The van der Waals surface area contributed by atoms with Crippen molar-refractivity contribution in [1.82, 2.24) is 0 Å². The molecule has 0 unspecified atom stereocenters. The molecule has 4 saturated carbocycles. The number of nitrogens with zero attached hydrogens (tertiary/aromatic N) is 4. The number of hydrogen-bond donors (Lipinski definition) is 0. The molecular formula is C80H112N4Si4Ti. The van der Waals surface area contributed by atoms with Crippen molar-refractivity contribution in [3.63, 3.8) is 0 Å². The van der Waals surface area contributed by atoms with Gasteiger partial charge in [0.25, 0.3) is 0 Å². The van der Waals surface area contributed by atoms with Crippen LogP contribution in [0.25, 0.3) is 21.3 Å². The Morgan fingerprint density at radius 3 is 0.506 bits per heavy atom. The number of hydrogen-bond acceptors (Lipinski definition) is 0. The fourth-order valence-corrected chi connectivity index (χ4v) is 31.1. The average molecular weight is 1290 g/mol. The molecule has 0 aromatic heterocycles. The standard InChI is InChI=1S/4C20H28NSi.Ti/c4*1-15-18(2,3)20(19(15,4)5,21-16-11-9-10-12-16)22-17-13-7-6-8-14-17;/h4*6-16H,22H2,1-5H3;/q4*-1;+4. The zero-order valence-corrected chi connectivity index (χ0v) is 65.7. The molecule has 9 heteroatoms. The largest absolute Gasteiger partial charge is 4.00 e. The average Bonchev–Trinajstić information content (AvgIpc) is 1.26. The van der Waals surface area contributed by atoms with Crippen LogP contribution in [0.15, 0.2) is 219 Å². The van der Waals surface area contributed by atoms with Crippen LogP contribution in [0.1, 0.15) is 138 Å². The third-order valence-electron chi connectivity index (χ3n) is 26.8. The minimum atomic E-state index is -0.515. The maximum Gasteiger partial charge on any atom is 4.00 e. The van der Waals surface area contributed by atoms with Gasteiger partial charge in [0.05, 0.1) is 0 Å². The molecule has 4 fully saturated rings. The van der Waals surface area contributed by atoms with Crippen LogP contribution in [-0.2, 0) is 21.7 Å². The van der Waals surface area contributed by atoms with Crippen LogP contribution in [0.4, 0.5) is 0 Å². The van der Waals surface area contributed by atoms with Crippen LogP contribution in [0.2, 0.25) is 0 Å². The second-order valence-corrected chi connectivity index (χ2v) is 41.1. The Labute approximate surface area is 566 Å². The monoisotopic (exact) mass is 1290 g/mol. The van der Waals surface area contributed by atoms with E-state index >= 15 is 0 Å². The zero-order chi connectivity index (χ0) is 64.0. The summed E-state index contributed by atoms with van der Waals surface area (Å²) in [6.45, 7) is 48.6. The topological polar surface area (TPSA) is 56.4 Å². The molecule has 0 aliphatic heterocycles. The van der Waals surface area contributed by atoms with Gasteiger partial charge < -0.3 is 21.3 Å². The van der Waals surface area contributed by atoms with Gasteiger partial charge in [0.15, 0.2) is 0 Å².